The molecule has 4 rings (SSSR count). The van der Waals surface area contributed by atoms with Gasteiger partial charge in [-0.1, -0.05) is 41.4 Å². The molecule has 1 aromatic rings. The Labute approximate surface area is 152 Å². The second-order valence-corrected chi connectivity index (χ2v) is 8.87. The van der Waals surface area contributed by atoms with Crippen molar-refractivity contribution >= 4 is 27.3 Å². The Morgan fingerprint density at radius 3 is 2.42 bits per heavy atom. The number of allylic oxidation sites excluding steroid dienone is 1. The molecule has 1 aliphatic carbocycles. The Bertz CT molecular complexity index is 765. The van der Waals surface area contributed by atoms with Crippen LogP contribution in [-0.4, -0.2) is 17.0 Å². The van der Waals surface area contributed by atoms with Crippen LogP contribution < -0.4 is 0 Å². The summed E-state index contributed by atoms with van der Waals surface area (Å²) in [5.74, 6) is 0.577. The van der Waals surface area contributed by atoms with E-state index >= 15 is 0 Å². The highest BCUT2D eigenvalue weighted by Gasteiger charge is 2.68. The van der Waals surface area contributed by atoms with Crippen LogP contribution in [0, 0.1) is 11.8 Å². The van der Waals surface area contributed by atoms with E-state index in [0.29, 0.717) is 5.78 Å². The third-order valence-corrected chi connectivity index (χ3v) is 7.05. The van der Waals surface area contributed by atoms with Crippen molar-refractivity contribution in [2.75, 3.05) is 0 Å². The first-order chi connectivity index (χ1) is 11.3. The molecule has 128 valence electrons. The normalized spacial score (nSPS) is 37.5. The first-order valence-corrected chi connectivity index (χ1v) is 9.90. The van der Waals surface area contributed by atoms with Crippen LogP contribution in [0.4, 0.5) is 0 Å². The van der Waals surface area contributed by atoms with Gasteiger partial charge in [0.25, 0.3) is 0 Å². The molecule has 0 N–H and O–H groups in total. The third-order valence-electron chi connectivity index (χ3n) is 6.56. The Morgan fingerprint density at radius 2 is 1.79 bits per heavy atom. The van der Waals surface area contributed by atoms with E-state index in [-0.39, 0.29) is 23.0 Å². The molecule has 0 spiro atoms. The first kappa shape index (κ1) is 16.5. The molecule has 2 aliphatic heterocycles. The summed E-state index contributed by atoms with van der Waals surface area (Å²) in [7, 11) is 0. The summed E-state index contributed by atoms with van der Waals surface area (Å²) in [6, 6.07) is 6.36. The summed E-state index contributed by atoms with van der Waals surface area (Å²) < 4.78 is 7.46. The maximum Gasteiger partial charge on any atom is 0.170 e. The molecular formula is C21H25BrO2. The fraction of sp³-hybridized carbons (Fsp3) is 0.571. The third kappa shape index (κ3) is 2.00. The van der Waals surface area contributed by atoms with Crippen molar-refractivity contribution in [2.24, 2.45) is 11.8 Å². The number of aryl methyl sites for hydroxylation is 1. The zero-order valence-electron chi connectivity index (χ0n) is 14.9. The Balaban J connectivity index is 1.93. The number of hydrogen-bond donors (Lipinski definition) is 0. The van der Waals surface area contributed by atoms with Crippen LogP contribution in [0.1, 0.15) is 58.1 Å². The molecule has 3 heteroatoms. The average molecular weight is 389 g/mol. The standard InChI is InChI=1S/C21H25BrO2/c1-5-12-7-8-13(22)11-15(12)16-14(6-2)17-18(19(16)23)21(4)10-9-20(17,3)24-21/h7-8,11,17-18H,5-6,9-10H2,1-4H3/t17-,18-,20+,21-/m0/s1. The van der Waals surface area contributed by atoms with Gasteiger partial charge in [0.05, 0.1) is 17.1 Å². The predicted octanol–water partition coefficient (Wildman–Crippen LogP) is 5.33. The van der Waals surface area contributed by atoms with Gasteiger partial charge in [-0.25, -0.2) is 0 Å². The minimum Gasteiger partial charge on any atom is -0.368 e. The number of carbonyl (C=O) groups excluding carboxylic acids is 1. The van der Waals surface area contributed by atoms with E-state index in [1.165, 1.54) is 11.1 Å². The quantitative estimate of drug-likeness (QED) is 0.698. The number of hydrogen-bond acceptors (Lipinski definition) is 2. The van der Waals surface area contributed by atoms with Gasteiger partial charge in [0.15, 0.2) is 5.78 Å². The van der Waals surface area contributed by atoms with Crippen molar-refractivity contribution in [3.63, 3.8) is 0 Å². The number of carbonyl (C=O) groups is 1. The molecule has 24 heavy (non-hydrogen) atoms. The average Bonchev–Trinajstić information content (AvgIpc) is 3.11. The Morgan fingerprint density at radius 1 is 1.12 bits per heavy atom. The smallest absolute Gasteiger partial charge is 0.170 e. The molecule has 2 nitrogen and oxygen atoms in total. The molecule has 1 aromatic carbocycles. The van der Waals surface area contributed by atoms with Crippen LogP contribution in [0.3, 0.4) is 0 Å². The van der Waals surface area contributed by atoms with Crippen molar-refractivity contribution in [3.05, 3.63) is 39.4 Å². The van der Waals surface area contributed by atoms with Gasteiger partial charge in [0, 0.05) is 16.0 Å². The molecular weight excluding hydrogens is 364 g/mol. The first-order valence-electron chi connectivity index (χ1n) is 9.11. The molecule has 0 radical (unpaired) electrons. The van der Waals surface area contributed by atoms with E-state index in [9.17, 15) is 4.79 Å². The van der Waals surface area contributed by atoms with Crippen LogP contribution >= 0.6 is 15.9 Å². The maximum absolute atomic E-state index is 13.5. The van der Waals surface area contributed by atoms with Crippen molar-refractivity contribution < 1.29 is 9.53 Å². The second-order valence-electron chi connectivity index (χ2n) is 7.96. The molecule has 2 fully saturated rings. The van der Waals surface area contributed by atoms with E-state index in [4.69, 9.17) is 4.74 Å². The van der Waals surface area contributed by atoms with E-state index in [2.05, 4.69) is 61.8 Å². The number of ketones is 1. The minimum atomic E-state index is -0.281. The topological polar surface area (TPSA) is 26.3 Å². The number of fused-ring (bicyclic) bond motifs is 5. The van der Waals surface area contributed by atoms with Crippen molar-refractivity contribution in [2.45, 2.75) is 64.6 Å². The van der Waals surface area contributed by atoms with Crippen molar-refractivity contribution in [1.82, 2.24) is 0 Å². The molecule has 2 heterocycles. The van der Waals surface area contributed by atoms with E-state index in [0.717, 1.165) is 41.3 Å². The Kier molecular flexibility index (Phi) is 3.64. The largest absolute Gasteiger partial charge is 0.368 e. The van der Waals surface area contributed by atoms with Crippen LogP contribution in [0.5, 0.6) is 0 Å². The fourth-order valence-corrected chi connectivity index (χ4v) is 5.90. The van der Waals surface area contributed by atoms with Gasteiger partial charge < -0.3 is 4.74 Å². The summed E-state index contributed by atoms with van der Waals surface area (Å²) in [6.07, 6.45) is 3.93. The molecule has 4 atom stereocenters. The number of rotatable bonds is 3. The lowest BCUT2D eigenvalue weighted by Gasteiger charge is -2.32. The van der Waals surface area contributed by atoms with Crippen LogP contribution in [0.15, 0.2) is 28.2 Å². The molecule has 2 saturated heterocycles. The van der Waals surface area contributed by atoms with Gasteiger partial charge in [-0.3, -0.25) is 4.79 Å². The molecule has 0 unspecified atom stereocenters. The van der Waals surface area contributed by atoms with Gasteiger partial charge in [-0.15, -0.1) is 0 Å². The fourth-order valence-electron chi connectivity index (χ4n) is 5.53. The molecule has 0 aromatic heterocycles. The van der Waals surface area contributed by atoms with Crippen LogP contribution in [0.2, 0.25) is 0 Å². The predicted molar refractivity (Wildman–Crippen MR) is 99.8 cm³/mol. The summed E-state index contributed by atoms with van der Waals surface area (Å²) in [5, 5.41) is 0. The van der Waals surface area contributed by atoms with Gasteiger partial charge in [0.1, 0.15) is 0 Å². The van der Waals surface area contributed by atoms with Crippen LogP contribution in [0.25, 0.3) is 5.57 Å². The van der Waals surface area contributed by atoms with Gasteiger partial charge in [-0.05, 0) is 62.8 Å². The van der Waals surface area contributed by atoms with Gasteiger partial charge in [0.2, 0.25) is 0 Å². The van der Waals surface area contributed by atoms with Crippen LogP contribution in [-0.2, 0) is 16.0 Å². The number of ether oxygens (including phenoxy) is 1. The number of benzene rings is 1. The zero-order valence-corrected chi connectivity index (χ0v) is 16.5. The molecule has 0 amide bonds. The lowest BCUT2D eigenvalue weighted by molar-refractivity contribution is -0.121. The van der Waals surface area contributed by atoms with Crippen molar-refractivity contribution in [3.8, 4) is 0 Å². The van der Waals surface area contributed by atoms with E-state index in [1.807, 2.05) is 0 Å². The van der Waals surface area contributed by atoms with E-state index < -0.39 is 0 Å². The second kappa shape index (κ2) is 5.28. The minimum absolute atomic E-state index is 0.00453. The number of halogens is 1. The van der Waals surface area contributed by atoms with Gasteiger partial charge in [-0.2, -0.15) is 0 Å². The SMILES string of the molecule is CCC1=C(c2cc(Br)ccc2CC)C(=O)[C@@H]2[C@H]1[C@@]1(C)CC[C@]2(C)O1. The molecule has 2 bridgehead atoms. The molecule has 3 aliphatic rings. The number of Topliss-reactive ketones (excluding diaryl/α,β-unsaturated/α-hetero) is 1. The Hall–Kier alpha value is -0.930. The van der Waals surface area contributed by atoms with E-state index in [1.54, 1.807) is 0 Å². The summed E-state index contributed by atoms with van der Waals surface area (Å²) >= 11 is 3.59. The molecule has 0 saturated carbocycles. The highest BCUT2D eigenvalue weighted by molar-refractivity contribution is 9.10. The highest BCUT2D eigenvalue weighted by atomic mass is 79.9. The summed E-state index contributed by atoms with van der Waals surface area (Å²) in [6.45, 7) is 8.72. The lowest BCUT2D eigenvalue weighted by Crippen LogP contribution is -2.39. The zero-order chi connectivity index (χ0) is 17.3. The highest BCUT2D eigenvalue weighted by Crippen LogP contribution is 2.64. The van der Waals surface area contributed by atoms with Gasteiger partial charge >= 0.3 is 0 Å². The lowest BCUT2D eigenvalue weighted by atomic mass is 9.67. The van der Waals surface area contributed by atoms with Crippen molar-refractivity contribution in [1.29, 1.82) is 0 Å². The monoisotopic (exact) mass is 388 g/mol. The summed E-state index contributed by atoms with van der Waals surface area (Å²) in [5.41, 5.74) is 4.26. The maximum atomic E-state index is 13.5. The summed E-state index contributed by atoms with van der Waals surface area (Å²) in [4.78, 5) is 13.5.